The van der Waals surface area contributed by atoms with Gasteiger partial charge in [0.25, 0.3) is 5.91 Å². The molecule has 0 bridgehead atoms. The van der Waals surface area contributed by atoms with E-state index in [1.807, 2.05) is 18.4 Å². The first-order valence-corrected chi connectivity index (χ1v) is 6.70. The number of thiophene rings is 1. The lowest BCUT2D eigenvalue weighted by atomic mass is 10.2. The normalized spacial score (nSPS) is 11.9. The van der Waals surface area contributed by atoms with Crippen molar-refractivity contribution in [2.24, 2.45) is 5.92 Å². The third-order valence-electron chi connectivity index (χ3n) is 2.34. The van der Waals surface area contributed by atoms with Crippen molar-refractivity contribution in [3.8, 4) is 0 Å². The number of rotatable bonds is 7. The second kappa shape index (κ2) is 7.84. The Morgan fingerprint density at radius 1 is 1.44 bits per heavy atom. The van der Waals surface area contributed by atoms with E-state index in [9.17, 15) is 9.59 Å². The van der Waals surface area contributed by atoms with Gasteiger partial charge in [0.05, 0.1) is 4.88 Å². The maximum atomic E-state index is 11.5. The van der Waals surface area contributed by atoms with Crippen molar-refractivity contribution in [1.29, 1.82) is 0 Å². The molecule has 0 fully saturated rings. The summed E-state index contributed by atoms with van der Waals surface area (Å²) in [6.45, 7) is 2.67. The Bertz CT molecular complexity index is 379. The van der Waals surface area contributed by atoms with Crippen LogP contribution in [0.3, 0.4) is 0 Å². The number of amides is 2. The largest absolute Gasteiger partial charge is 0.396 e. The SMILES string of the molecule is CC(CO)CNC(=O)CCNC(=O)c1cccs1. The summed E-state index contributed by atoms with van der Waals surface area (Å²) in [5.74, 6) is -0.224. The smallest absolute Gasteiger partial charge is 0.261 e. The van der Waals surface area contributed by atoms with Gasteiger partial charge < -0.3 is 15.7 Å². The van der Waals surface area contributed by atoms with Gasteiger partial charge >= 0.3 is 0 Å². The van der Waals surface area contributed by atoms with Crippen molar-refractivity contribution >= 4 is 23.2 Å². The fourth-order valence-electron chi connectivity index (χ4n) is 1.23. The van der Waals surface area contributed by atoms with Gasteiger partial charge in [0.2, 0.25) is 5.91 Å². The van der Waals surface area contributed by atoms with E-state index in [-0.39, 0.29) is 30.8 Å². The van der Waals surface area contributed by atoms with Crippen molar-refractivity contribution in [1.82, 2.24) is 10.6 Å². The number of hydrogen-bond donors (Lipinski definition) is 3. The van der Waals surface area contributed by atoms with Gasteiger partial charge in [0, 0.05) is 26.1 Å². The molecule has 0 radical (unpaired) electrons. The lowest BCUT2D eigenvalue weighted by Crippen LogP contribution is -2.33. The summed E-state index contributed by atoms with van der Waals surface area (Å²) >= 11 is 1.37. The Hall–Kier alpha value is -1.40. The van der Waals surface area contributed by atoms with Crippen LogP contribution in [-0.2, 0) is 4.79 Å². The van der Waals surface area contributed by atoms with Gasteiger partial charge in [-0.2, -0.15) is 0 Å². The first-order valence-electron chi connectivity index (χ1n) is 5.82. The Morgan fingerprint density at radius 2 is 2.22 bits per heavy atom. The van der Waals surface area contributed by atoms with Gasteiger partial charge in [-0.3, -0.25) is 9.59 Å². The first kappa shape index (κ1) is 14.7. The van der Waals surface area contributed by atoms with Crippen LogP contribution in [0.2, 0.25) is 0 Å². The zero-order valence-corrected chi connectivity index (χ0v) is 11.1. The summed E-state index contributed by atoms with van der Waals surface area (Å²) in [5, 5.41) is 16.0. The summed E-state index contributed by atoms with van der Waals surface area (Å²) in [5.41, 5.74) is 0. The molecule has 1 atom stereocenters. The molecule has 1 unspecified atom stereocenters. The number of aliphatic hydroxyl groups excluding tert-OH is 1. The van der Waals surface area contributed by atoms with Crippen LogP contribution in [0.5, 0.6) is 0 Å². The Kier molecular flexibility index (Phi) is 6.38. The van der Waals surface area contributed by atoms with E-state index in [0.29, 0.717) is 18.0 Å². The highest BCUT2D eigenvalue weighted by atomic mass is 32.1. The molecule has 0 spiro atoms. The van der Waals surface area contributed by atoms with Crippen LogP contribution in [-0.4, -0.2) is 36.6 Å². The molecule has 5 nitrogen and oxygen atoms in total. The van der Waals surface area contributed by atoms with Crippen LogP contribution in [0.4, 0.5) is 0 Å². The highest BCUT2D eigenvalue weighted by Gasteiger charge is 2.07. The predicted molar refractivity (Wildman–Crippen MR) is 70.5 cm³/mol. The standard InChI is InChI=1S/C12H18N2O3S/c1-9(8-15)7-14-11(16)4-5-13-12(17)10-3-2-6-18-10/h2-3,6,9,15H,4-5,7-8H2,1H3,(H,13,17)(H,14,16). The number of nitrogens with one attached hydrogen (secondary N) is 2. The minimum Gasteiger partial charge on any atom is -0.396 e. The fourth-order valence-corrected chi connectivity index (χ4v) is 1.87. The van der Waals surface area contributed by atoms with Crippen molar-refractivity contribution < 1.29 is 14.7 Å². The molecule has 6 heteroatoms. The Balaban J connectivity index is 2.14. The molecule has 3 N–H and O–H groups in total. The number of carbonyl (C=O) groups is 2. The zero-order valence-electron chi connectivity index (χ0n) is 10.3. The molecule has 100 valence electrons. The average Bonchev–Trinajstić information content (AvgIpc) is 2.89. The number of aliphatic hydroxyl groups is 1. The monoisotopic (exact) mass is 270 g/mol. The predicted octanol–water partition coefficient (Wildman–Crippen LogP) is 0.613. The molecule has 0 aliphatic heterocycles. The van der Waals surface area contributed by atoms with Crippen LogP contribution < -0.4 is 10.6 Å². The summed E-state index contributed by atoms with van der Waals surface area (Å²) < 4.78 is 0. The molecule has 1 heterocycles. The quantitative estimate of drug-likeness (QED) is 0.679. The molecule has 0 saturated carbocycles. The third kappa shape index (κ3) is 5.29. The molecular formula is C12H18N2O3S. The molecule has 18 heavy (non-hydrogen) atoms. The Morgan fingerprint density at radius 3 is 2.83 bits per heavy atom. The van der Waals surface area contributed by atoms with Gasteiger partial charge in [-0.1, -0.05) is 13.0 Å². The Labute approximate surface area is 110 Å². The van der Waals surface area contributed by atoms with E-state index < -0.39 is 0 Å². The summed E-state index contributed by atoms with van der Waals surface area (Å²) in [6, 6.07) is 3.55. The van der Waals surface area contributed by atoms with Gasteiger partial charge in [-0.05, 0) is 17.4 Å². The van der Waals surface area contributed by atoms with Crippen LogP contribution in [0, 0.1) is 5.92 Å². The van der Waals surface area contributed by atoms with Crippen LogP contribution in [0.1, 0.15) is 23.0 Å². The lowest BCUT2D eigenvalue weighted by molar-refractivity contribution is -0.121. The van der Waals surface area contributed by atoms with Gasteiger partial charge in [-0.25, -0.2) is 0 Å². The van der Waals surface area contributed by atoms with Crippen molar-refractivity contribution in [3.05, 3.63) is 22.4 Å². The maximum absolute atomic E-state index is 11.5. The van der Waals surface area contributed by atoms with Crippen LogP contribution >= 0.6 is 11.3 Å². The molecule has 0 saturated heterocycles. The molecule has 0 aliphatic carbocycles. The third-order valence-corrected chi connectivity index (χ3v) is 3.21. The van der Waals surface area contributed by atoms with E-state index in [0.717, 1.165) is 0 Å². The molecule has 1 aromatic heterocycles. The minimum atomic E-state index is -0.151. The van der Waals surface area contributed by atoms with E-state index in [1.54, 1.807) is 6.07 Å². The molecule has 0 aromatic carbocycles. The summed E-state index contributed by atoms with van der Waals surface area (Å²) in [7, 11) is 0. The van der Waals surface area contributed by atoms with Gasteiger partial charge in [0.1, 0.15) is 0 Å². The van der Waals surface area contributed by atoms with E-state index in [4.69, 9.17) is 5.11 Å². The zero-order chi connectivity index (χ0) is 13.4. The van der Waals surface area contributed by atoms with Crippen molar-refractivity contribution in [2.75, 3.05) is 19.7 Å². The molecule has 1 aromatic rings. The van der Waals surface area contributed by atoms with Gasteiger partial charge in [-0.15, -0.1) is 11.3 Å². The number of carbonyl (C=O) groups excluding carboxylic acids is 2. The fraction of sp³-hybridized carbons (Fsp3) is 0.500. The summed E-state index contributed by atoms with van der Waals surface area (Å²) in [6.07, 6.45) is 0.245. The lowest BCUT2D eigenvalue weighted by Gasteiger charge is -2.09. The van der Waals surface area contributed by atoms with Crippen LogP contribution in [0.25, 0.3) is 0 Å². The van der Waals surface area contributed by atoms with Crippen molar-refractivity contribution in [3.63, 3.8) is 0 Å². The maximum Gasteiger partial charge on any atom is 0.261 e. The average molecular weight is 270 g/mol. The van der Waals surface area contributed by atoms with E-state index in [2.05, 4.69) is 10.6 Å². The molecule has 2 amide bonds. The van der Waals surface area contributed by atoms with E-state index >= 15 is 0 Å². The second-order valence-corrected chi connectivity index (χ2v) is 5.02. The first-order chi connectivity index (χ1) is 8.63. The summed E-state index contributed by atoms with van der Waals surface area (Å²) in [4.78, 5) is 23.6. The molecule has 0 aliphatic rings. The highest BCUT2D eigenvalue weighted by molar-refractivity contribution is 7.12. The molecule has 1 rings (SSSR count). The second-order valence-electron chi connectivity index (χ2n) is 4.08. The number of hydrogen-bond acceptors (Lipinski definition) is 4. The topological polar surface area (TPSA) is 78.4 Å². The van der Waals surface area contributed by atoms with Crippen molar-refractivity contribution in [2.45, 2.75) is 13.3 Å². The van der Waals surface area contributed by atoms with E-state index in [1.165, 1.54) is 11.3 Å². The van der Waals surface area contributed by atoms with Crippen LogP contribution in [0.15, 0.2) is 17.5 Å². The minimum absolute atomic E-state index is 0.0506. The highest BCUT2D eigenvalue weighted by Crippen LogP contribution is 2.07. The molecular weight excluding hydrogens is 252 g/mol. The van der Waals surface area contributed by atoms with Gasteiger partial charge in [0.15, 0.2) is 0 Å².